The molecule has 0 aromatic heterocycles. The number of nitrogens with zero attached hydrogens (tertiary/aromatic N) is 1. The largest absolute Gasteiger partial charge is 0.303 e. The van der Waals surface area contributed by atoms with Gasteiger partial charge < -0.3 is 5.01 Å². The second-order valence-electron chi connectivity index (χ2n) is 4.84. The molecule has 1 unspecified atom stereocenters. The monoisotopic (exact) mass is 294 g/mol. The summed E-state index contributed by atoms with van der Waals surface area (Å²) in [5.74, 6) is 0. The lowest BCUT2D eigenvalue weighted by atomic mass is 10.0. The van der Waals surface area contributed by atoms with Gasteiger partial charge in [-0.25, -0.2) is 5.43 Å². The zero-order valence-corrected chi connectivity index (χ0v) is 12.1. The molecule has 3 rings (SSSR count). The van der Waals surface area contributed by atoms with Crippen LogP contribution in [0.15, 0.2) is 47.1 Å². The quantitative estimate of drug-likeness (QED) is 0.870. The predicted octanol–water partition coefficient (Wildman–Crippen LogP) is 4.39. The SMILES string of the molecule is ClC1=C(N2NCCC2c2ccccc2Cl)CCC=C1. The molecule has 0 spiro atoms. The minimum Gasteiger partial charge on any atom is -0.303 e. The van der Waals surface area contributed by atoms with Gasteiger partial charge in [0.05, 0.1) is 11.1 Å². The highest BCUT2D eigenvalue weighted by atomic mass is 35.5. The average Bonchev–Trinajstić information content (AvgIpc) is 2.89. The fourth-order valence-corrected chi connectivity index (χ4v) is 3.28. The van der Waals surface area contributed by atoms with Crippen molar-refractivity contribution < 1.29 is 0 Å². The first-order chi connectivity index (χ1) is 9.27. The van der Waals surface area contributed by atoms with Crippen LogP contribution < -0.4 is 5.43 Å². The Morgan fingerprint density at radius 2 is 2.05 bits per heavy atom. The van der Waals surface area contributed by atoms with Gasteiger partial charge in [-0.15, -0.1) is 0 Å². The van der Waals surface area contributed by atoms with Crippen molar-refractivity contribution in [3.8, 4) is 0 Å². The number of hydrogen-bond acceptors (Lipinski definition) is 2. The Labute approximate surface area is 123 Å². The van der Waals surface area contributed by atoms with E-state index < -0.39 is 0 Å². The van der Waals surface area contributed by atoms with E-state index in [0.717, 1.165) is 35.9 Å². The number of hydrazine groups is 1. The first-order valence-electron chi connectivity index (χ1n) is 6.60. The van der Waals surface area contributed by atoms with Crippen LogP contribution in [0.3, 0.4) is 0 Å². The van der Waals surface area contributed by atoms with Crippen LogP contribution in [0.1, 0.15) is 30.9 Å². The van der Waals surface area contributed by atoms with Crippen LogP contribution in [0.25, 0.3) is 0 Å². The van der Waals surface area contributed by atoms with Gasteiger partial charge in [0.2, 0.25) is 0 Å². The summed E-state index contributed by atoms with van der Waals surface area (Å²) < 4.78 is 0. The molecule has 1 aromatic carbocycles. The molecule has 1 fully saturated rings. The normalized spacial score (nSPS) is 23.3. The number of allylic oxidation sites excluding steroid dienone is 4. The van der Waals surface area contributed by atoms with E-state index in [2.05, 4.69) is 22.6 Å². The highest BCUT2D eigenvalue weighted by molar-refractivity contribution is 6.32. The van der Waals surface area contributed by atoms with E-state index in [1.54, 1.807) is 0 Å². The Bertz CT molecular complexity index is 537. The van der Waals surface area contributed by atoms with E-state index in [4.69, 9.17) is 23.2 Å². The fraction of sp³-hybridized carbons (Fsp3) is 0.333. The Hall–Kier alpha value is -0.960. The molecule has 1 aliphatic carbocycles. The maximum Gasteiger partial charge on any atom is 0.0728 e. The Morgan fingerprint density at radius 1 is 1.21 bits per heavy atom. The standard InChI is InChI=1S/C15H16Cl2N2/c16-12-6-2-1-5-11(12)14-9-10-18-19(14)15-8-4-3-7-13(15)17/h1-3,5-7,14,18H,4,8-10H2. The summed E-state index contributed by atoms with van der Waals surface area (Å²) in [6.45, 7) is 0.952. The number of benzene rings is 1. The predicted molar refractivity (Wildman–Crippen MR) is 79.9 cm³/mol. The van der Waals surface area contributed by atoms with E-state index >= 15 is 0 Å². The molecule has 1 aliphatic heterocycles. The molecule has 0 saturated carbocycles. The first kappa shape index (κ1) is 13.0. The van der Waals surface area contributed by atoms with Crippen LogP contribution in [-0.4, -0.2) is 11.6 Å². The second-order valence-corrected chi connectivity index (χ2v) is 5.65. The fourth-order valence-electron chi connectivity index (χ4n) is 2.74. The third kappa shape index (κ3) is 2.53. The molecule has 100 valence electrons. The molecule has 0 bridgehead atoms. The number of rotatable bonds is 2. The lowest BCUT2D eigenvalue weighted by Gasteiger charge is -2.31. The number of halogens is 2. The van der Waals surface area contributed by atoms with Gasteiger partial charge in [0, 0.05) is 17.3 Å². The second kappa shape index (κ2) is 5.58. The van der Waals surface area contributed by atoms with Crippen LogP contribution in [0, 0.1) is 0 Å². The molecule has 1 heterocycles. The maximum absolute atomic E-state index is 6.33. The average molecular weight is 295 g/mol. The van der Waals surface area contributed by atoms with Crippen LogP contribution in [0.4, 0.5) is 0 Å². The summed E-state index contributed by atoms with van der Waals surface area (Å²) in [7, 11) is 0. The first-order valence-corrected chi connectivity index (χ1v) is 7.35. The van der Waals surface area contributed by atoms with Crippen LogP contribution >= 0.6 is 23.2 Å². The molecule has 4 heteroatoms. The summed E-state index contributed by atoms with van der Waals surface area (Å²) in [5.41, 5.74) is 5.77. The van der Waals surface area contributed by atoms with Crippen molar-refractivity contribution in [1.82, 2.24) is 10.4 Å². The van der Waals surface area contributed by atoms with Crippen LogP contribution in [-0.2, 0) is 0 Å². The van der Waals surface area contributed by atoms with E-state index in [0.29, 0.717) is 0 Å². The number of nitrogens with one attached hydrogen (secondary N) is 1. The summed E-state index contributed by atoms with van der Waals surface area (Å²) in [5, 5.41) is 3.86. The molecule has 1 aromatic rings. The van der Waals surface area contributed by atoms with E-state index in [-0.39, 0.29) is 6.04 Å². The van der Waals surface area contributed by atoms with Gasteiger partial charge in [-0.1, -0.05) is 47.5 Å². The van der Waals surface area contributed by atoms with Gasteiger partial charge >= 0.3 is 0 Å². The summed E-state index contributed by atoms with van der Waals surface area (Å²) >= 11 is 12.7. The van der Waals surface area contributed by atoms with Crippen LogP contribution in [0.2, 0.25) is 5.02 Å². The van der Waals surface area contributed by atoms with Crippen LogP contribution in [0.5, 0.6) is 0 Å². The van der Waals surface area contributed by atoms with Crippen molar-refractivity contribution >= 4 is 23.2 Å². The van der Waals surface area contributed by atoms with Gasteiger partial charge in [0.1, 0.15) is 0 Å². The third-order valence-corrected chi connectivity index (χ3v) is 4.34. The van der Waals surface area contributed by atoms with Gasteiger partial charge in [-0.2, -0.15) is 0 Å². The van der Waals surface area contributed by atoms with Gasteiger partial charge in [-0.3, -0.25) is 0 Å². The molecule has 1 saturated heterocycles. The molecule has 2 aliphatic rings. The molecule has 0 radical (unpaired) electrons. The van der Waals surface area contributed by atoms with E-state index in [9.17, 15) is 0 Å². The zero-order valence-electron chi connectivity index (χ0n) is 10.6. The summed E-state index contributed by atoms with van der Waals surface area (Å²) in [6, 6.07) is 8.32. The molecule has 1 N–H and O–H groups in total. The lowest BCUT2D eigenvalue weighted by Crippen LogP contribution is -2.33. The van der Waals surface area contributed by atoms with Gasteiger partial charge in [-0.05, 0) is 37.0 Å². The molecule has 1 atom stereocenters. The van der Waals surface area contributed by atoms with Crippen molar-refractivity contribution in [2.45, 2.75) is 25.3 Å². The summed E-state index contributed by atoms with van der Waals surface area (Å²) in [4.78, 5) is 0. The van der Waals surface area contributed by atoms with Gasteiger partial charge in [0.15, 0.2) is 0 Å². The van der Waals surface area contributed by atoms with E-state index in [1.807, 2.05) is 24.3 Å². The smallest absolute Gasteiger partial charge is 0.0728 e. The van der Waals surface area contributed by atoms with Crippen molar-refractivity contribution in [3.63, 3.8) is 0 Å². The highest BCUT2D eigenvalue weighted by Gasteiger charge is 2.30. The Morgan fingerprint density at radius 3 is 2.84 bits per heavy atom. The topological polar surface area (TPSA) is 15.3 Å². The zero-order chi connectivity index (χ0) is 13.2. The minimum atomic E-state index is 0.268. The van der Waals surface area contributed by atoms with Crippen molar-refractivity contribution in [1.29, 1.82) is 0 Å². The van der Waals surface area contributed by atoms with Crippen molar-refractivity contribution in [3.05, 3.63) is 57.7 Å². The Balaban J connectivity index is 1.94. The van der Waals surface area contributed by atoms with Crippen molar-refractivity contribution in [2.75, 3.05) is 6.54 Å². The molecule has 2 nitrogen and oxygen atoms in total. The molecular weight excluding hydrogens is 279 g/mol. The minimum absolute atomic E-state index is 0.268. The molecule has 19 heavy (non-hydrogen) atoms. The highest BCUT2D eigenvalue weighted by Crippen LogP contribution is 2.37. The lowest BCUT2D eigenvalue weighted by molar-refractivity contribution is 0.240. The molecular formula is C15H16Cl2N2. The van der Waals surface area contributed by atoms with Crippen molar-refractivity contribution in [2.24, 2.45) is 0 Å². The summed E-state index contributed by atoms with van der Waals surface area (Å²) in [6.07, 6.45) is 7.17. The van der Waals surface area contributed by atoms with Gasteiger partial charge in [0.25, 0.3) is 0 Å². The molecule has 0 amide bonds. The maximum atomic E-state index is 6.33. The number of hydrogen-bond donors (Lipinski definition) is 1. The Kier molecular flexibility index (Phi) is 3.83. The van der Waals surface area contributed by atoms with E-state index in [1.165, 1.54) is 11.3 Å². The third-order valence-electron chi connectivity index (χ3n) is 3.65.